The summed E-state index contributed by atoms with van der Waals surface area (Å²) in [5.41, 5.74) is 0.0847. The molecule has 0 spiro atoms. The molecule has 0 saturated carbocycles. The molecule has 0 bridgehead atoms. The number of rotatable bonds is 3. The average Bonchev–Trinajstić information content (AvgIpc) is 2.39. The first-order chi connectivity index (χ1) is 9.49. The molecule has 1 saturated heterocycles. The fourth-order valence-electron chi connectivity index (χ4n) is 2.72. The van der Waals surface area contributed by atoms with Crippen LogP contribution in [0.1, 0.15) is 38.3 Å². The molecule has 1 aromatic rings. The van der Waals surface area contributed by atoms with E-state index in [1.165, 1.54) is 18.2 Å². The van der Waals surface area contributed by atoms with Gasteiger partial charge in [0.2, 0.25) is 5.91 Å². The number of benzene rings is 1. The first-order valence-corrected chi connectivity index (χ1v) is 6.94. The second kappa shape index (κ2) is 6.31. The van der Waals surface area contributed by atoms with Crippen LogP contribution in [0.15, 0.2) is 18.2 Å². The zero-order valence-electron chi connectivity index (χ0n) is 11.8. The lowest BCUT2D eigenvalue weighted by atomic mass is 10.0. The van der Waals surface area contributed by atoms with Gasteiger partial charge in [0.05, 0.1) is 0 Å². The summed E-state index contributed by atoms with van der Waals surface area (Å²) in [6.45, 7) is 4.71. The smallest absolute Gasteiger partial charge is 0.219 e. The van der Waals surface area contributed by atoms with Crippen molar-refractivity contribution in [2.24, 2.45) is 0 Å². The maximum Gasteiger partial charge on any atom is 0.219 e. The summed E-state index contributed by atoms with van der Waals surface area (Å²) in [5.74, 6) is -0.964. The van der Waals surface area contributed by atoms with Crippen LogP contribution in [0, 0.1) is 11.6 Å². The van der Waals surface area contributed by atoms with Gasteiger partial charge in [-0.25, -0.2) is 8.78 Å². The molecule has 110 valence electrons. The van der Waals surface area contributed by atoms with Gasteiger partial charge in [-0.1, -0.05) is 6.07 Å². The van der Waals surface area contributed by atoms with Crippen LogP contribution in [0.5, 0.6) is 0 Å². The lowest BCUT2D eigenvalue weighted by Gasteiger charge is -2.33. The largest absolute Gasteiger partial charge is 0.343 e. The molecular formula is C15H20F2N2O. The summed E-state index contributed by atoms with van der Waals surface area (Å²) in [4.78, 5) is 13.0. The van der Waals surface area contributed by atoms with Gasteiger partial charge in [-0.2, -0.15) is 0 Å². The summed E-state index contributed by atoms with van der Waals surface area (Å²) in [7, 11) is 0. The zero-order chi connectivity index (χ0) is 14.7. The van der Waals surface area contributed by atoms with Crippen LogP contribution in [0.25, 0.3) is 0 Å². The predicted octanol–water partition coefficient (Wildman–Crippen LogP) is 2.63. The van der Waals surface area contributed by atoms with E-state index in [2.05, 4.69) is 5.32 Å². The highest BCUT2D eigenvalue weighted by Crippen LogP contribution is 2.22. The number of carbonyl (C=O) groups excluding carboxylic acids is 1. The van der Waals surface area contributed by atoms with E-state index in [0.717, 1.165) is 12.8 Å². The molecule has 1 aromatic carbocycles. The fraction of sp³-hybridized carbons (Fsp3) is 0.533. The predicted molar refractivity (Wildman–Crippen MR) is 73.2 cm³/mol. The molecule has 1 heterocycles. The van der Waals surface area contributed by atoms with E-state index in [4.69, 9.17) is 0 Å². The minimum absolute atomic E-state index is 0.0802. The van der Waals surface area contributed by atoms with Crippen molar-refractivity contribution in [3.05, 3.63) is 35.4 Å². The molecule has 1 amide bonds. The van der Waals surface area contributed by atoms with Gasteiger partial charge in [0.15, 0.2) is 0 Å². The Morgan fingerprint density at radius 3 is 2.35 bits per heavy atom. The Morgan fingerprint density at radius 2 is 1.85 bits per heavy atom. The molecule has 5 heteroatoms. The van der Waals surface area contributed by atoms with Crippen LogP contribution in [0.3, 0.4) is 0 Å². The van der Waals surface area contributed by atoms with Gasteiger partial charge in [-0.15, -0.1) is 0 Å². The Bertz CT molecular complexity index is 465. The maximum absolute atomic E-state index is 13.7. The monoisotopic (exact) mass is 282 g/mol. The van der Waals surface area contributed by atoms with Crippen molar-refractivity contribution >= 4 is 5.91 Å². The quantitative estimate of drug-likeness (QED) is 0.924. The molecule has 1 atom stereocenters. The van der Waals surface area contributed by atoms with E-state index in [1.807, 2.05) is 0 Å². The summed E-state index contributed by atoms with van der Waals surface area (Å²) >= 11 is 0. The highest BCUT2D eigenvalue weighted by Gasteiger charge is 2.24. The molecule has 1 N–H and O–H groups in total. The van der Waals surface area contributed by atoms with Crippen LogP contribution in [0.2, 0.25) is 0 Å². The molecule has 1 aliphatic rings. The second-order valence-corrected chi connectivity index (χ2v) is 5.30. The van der Waals surface area contributed by atoms with Crippen LogP contribution in [-0.4, -0.2) is 29.9 Å². The summed E-state index contributed by atoms with van der Waals surface area (Å²) in [5, 5.41) is 3.26. The highest BCUT2D eigenvalue weighted by atomic mass is 19.1. The van der Waals surface area contributed by atoms with E-state index in [1.54, 1.807) is 18.7 Å². The minimum atomic E-state index is -0.522. The first kappa shape index (κ1) is 14.9. The Hall–Kier alpha value is -1.49. The third-order valence-electron chi connectivity index (χ3n) is 3.86. The number of halogens is 2. The molecule has 0 aromatic heterocycles. The van der Waals surface area contributed by atoms with Gasteiger partial charge in [-0.05, 0) is 31.9 Å². The van der Waals surface area contributed by atoms with Crippen molar-refractivity contribution < 1.29 is 13.6 Å². The van der Waals surface area contributed by atoms with Gasteiger partial charge >= 0.3 is 0 Å². The zero-order valence-corrected chi connectivity index (χ0v) is 11.8. The fourth-order valence-corrected chi connectivity index (χ4v) is 2.72. The Kier molecular flexibility index (Phi) is 4.70. The summed E-state index contributed by atoms with van der Waals surface area (Å²) in [6.07, 6.45) is 1.61. The first-order valence-electron chi connectivity index (χ1n) is 6.94. The molecule has 0 aliphatic carbocycles. The molecule has 1 fully saturated rings. The van der Waals surface area contributed by atoms with Gasteiger partial charge in [0.25, 0.3) is 0 Å². The topological polar surface area (TPSA) is 32.3 Å². The van der Waals surface area contributed by atoms with Crippen molar-refractivity contribution in [1.29, 1.82) is 0 Å². The van der Waals surface area contributed by atoms with Crippen molar-refractivity contribution in [3.63, 3.8) is 0 Å². The SMILES string of the molecule is CC(=O)N1CCC(NC(C)c2c(F)cccc2F)CC1. The Balaban J connectivity index is 1.96. The van der Waals surface area contributed by atoms with Crippen LogP contribution < -0.4 is 5.32 Å². The Morgan fingerprint density at radius 1 is 1.30 bits per heavy atom. The number of hydrogen-bond donors (Lipinski definition) is 1. The van der Waals surface area contributed by atoms with Crippen LogP contribution in [0.4, 0.5) is 8.78 Å². The highest BCUT2D eigenvalue weighted by molar-refractivity contribution is 5.73. The molecule has 3 nitrogen and oxygen atoms in total. The number of nitrogens with zero attached hydrogens (tertiary/aromatic N) is 1. The van der Waals surface area contributed by atoms with Crippen molar-refractivity contribution in [2.75, 3.05) is 13.1 Å². The van der Waals surface area contributed by atoms with Crippen molar-refractivity contribution in [2.45, 2.75) is 38.8 Å². The standard InChI is InChI=1S/C15H20F2N2O/c1-10(15-13(16)4-3-5-14(15)17)18-12-6-8-19(9-7-12)11(2)20/h3-5,10,12,18H,6-9H2,1-2H3. The summed E-state index contributed by atoms with van der Waals surface area (Å²) in [6, 6.07) is 3.71. The third-order valence-corrected chi connectivity index (χ3v) is 3.86. The molecular weight excluding hydrogens is 262 g/mol. The van der Waals surface area contributed by atoms with Gasteiger partial charge in [0.1, 0.15) is 11.6 Å². The summed E-state index contributed by atoms with van der Waals surface area (Å²) < 4.78 is 27.4. The molecule has 20 heavy (non-hydrogen) atoms. The molecule has 1 unspecified atom stereocenters. The molecule has 2 rings (SSSR count). The number of amides is 1. The van der Waals surface area contributed by atoms with E-state index in [-0.39, 0.29) is 23.6 Å². The number of nitrogens with one attached hydrogen (secondary N) is 1. The second-order valence-electron chi connectivity index (χ2n) is 5.30. The minimum Gasteiger partial charge on any atom is -0.343 e. The third kappa shape index (κ3) is 3.33. The van der Waals surface area contributed by atoms with Crippen molar-refractivity contribution in [3.8, 4) is 0 Å². The number of hydrogen-bond acceptors (Lipinski definition) is 2. The van der Waals surface area contributed by atoms with Crippen LogP contribution in [-0.2, 0) is 4.79 Å². The van der Waals surface area contributed by atoms with E-state index in [0.29, 0.717) is 13.1 Å². The molecule has 1 aliphatic heterocycles. The number of piperidine rings is 1. The lowest BCUT2D eigenvalue weighted by molar-refractivity contribution is -0.129. The van der Waals surface area contributed by atoms with E-state index < -0.39 is 11.6 Å². The number of likely N-dealkylation sites (tertiary alicyclic amines) is 1. The maximum atomic E-state index is 13.7. The number of carbonyl (C=O) groups is 1. The molecule has 0 radical (unpaired) electrons. The van der Waals surface area contributed by atoms with E-state index >= 15 is 0 Å². The van der Waals surface area contributed by atoms with Gasteiger partial charge in [-0.3, -0.25) is 4.79 Å². The van der Waals surface area contributed by atoms with E-state index in [9.17, 15) is 13.6 Å². The lowest BCUT2D eigenvalue weighted by Crippen LogP contribution is -2.45. The van der Waals surface area contributed by atoms with Crippen LogP contribution >= 0.6 is 0 Å². The normalized spacial score (nSPS) is 18.1. The van der Waals surface area contributed by atoms with Crippen molar-refractivity contribution in [1.82, 2.24) is 10.2 Å². The van der Waals surface area contributed by atoms with Gasteiger partial charge in [0, 0.05) is 37.7 Å². The van der Waals surface area contributed by atoms with Gasteiger partial charge < -0.3 is 10.2 Å². The Labute approximate surface area is 118 Å². The average molecular weight is 282 g/mol.